The summed E-state index contributed by atoms with van der Waals surface area (Å²) in [6.07, 6.45) is 2.11. The molecule has 0 bridgehead atoms. The van der Waals surface area contributed by atoms with Crippen molar-refractivity contribution in [3.05, 3.63) is 23.8 Å². The third kappa shape index (κ3) is 1.89. The van der Waals surface area contributed by atoms with Gasteiger partial charge in [-0.1, -0.05) is 24.5 Å². The summed E-state index contributed by atoms with van der Waals surface area (Å²) in [4.78, 5) is 12.4. The highest BCUT2D eigenvalue weighted by atomic mass is 16.3. The van der Waals surface area contributed by atoms with Gasteiger partial charge in [-0.25, -0.2) is 0 Å². The molecule has 4 aliphatic carbocycles. The first-order chi connectivity index (χ1) is 13.8. The predicted molar refractivity (Wildman–Crippen MR) is 90.4 cm³/mol. The largest absolute Gasteiger partial charge is 0.373 e. The molecule has 6 atom stereocenters. The topological polar surface area (TPSA) is 37.3 Å². The van der Waals surface area contributed by atoms with Gasteiger partial charge in [0, 0.05) is 18.6 Å². The monoisotopic (exact) mass is 317 g/mol. The molecule has 0 radical (unpaired) electrons. The van der Waals surface area contributed by atoms with Gasteiger partial charge in [-0.15, -0.1) is 6.40 Å². The molecule has 0 aliphatic heterocycles. The Morgan fingerprint density at radius 2 is 2.39 bits per heavy atom. The lowest BCUT2D eigenvalue weighted by atomic mass is 9.49. The number of fused-ring (bicyclic) bond motifs is 5. The zero-order valence-corrected chi connectivity index (χ0v) is 13.3. The minimum atomic E-state index is -2.37. The molecule has 0 aromatic rings. The molecule has 0 aromatic carbocycles. The Labute approximate surface area is 148 Å². The zero-order valence-electron chi connectivity index (χ0n) is 20.3. The smallest absolute Gasteiger partial charge is 0.155 e. The van der Waals surface area contributed by atoms with Crippen LogP contribution in [0.25, 0.3) is 0 Å². The molecule has 122 valence electrons. The van der Waals surface area contributed by atoms with E-state index in [1.54, 1.807) is 6.08 Å². The van der Waals surface area contributed by atoms with E-state index in [1.165, 1.54) is 0 Å². The predicted octanol–water partition coefficient (Wildman–Crippen LogP) is 3.66. The molecule has 23 heavy (non-hydrogen) atoms. The molecular weight excluding hydrogens is 284 g/mol. The lowest BCUT2D eigenvalue weighted by molar-refractivity contribution is -0.116. The quantitative estimate of drug-likeness (QED) is 0.592. The van der Waals surface area contributed by atoms with Crippen molar-refractivity contribution in [1.82, 2.24) is 0 Å². The van der Waals surface area contributed by atoms with Crippen LogP contribution >= 0.6 is 0 Å². The first kappa shape index (κ1) is 9.23. The molecule has 0 spiro atoms. The fourth-order valence-corrected chi connectivity index (χ4v) is 5.38. The van der Waals surface area contributed by atoms with E-state index in [9.17, 15) is 11.3 Å². The van der Waals surface area contributed by atoms with Crippen LogP contribution in [0.5, 0.6) is 0 Å². The molecule has 0 heterocycles. The van der Waals surface area contributed by atoms with Crippen LogP contribution in [0.1, 0.15) is 61.4 Å². The van der Waals surface area contributed by atoms with Crippen LogP contribution in [-0.2, 0) is 4.79 Å². The highest BCUT2D eigenvalue weighted by molar-refractivity contribution is 5.91. The molecule has 0 aromatic heterocycles. The highest BCUT2D eigenvalue weighted by Gasteiger charge is 2.61. The molecule has 0 saturated heterocycles. The number of aliphatic hydroxyl groups is 1. The highest BCUT2D eigenvalue weighted by Crippen LogP contribution is 2.63. The van der Waals surface area contributed by atoms with Gasteiger partial charge in [0.25, 0.3) is 0 Å². The summed E-state index contributed by atoms with van der Waals surface area (Å²) in [6, 6.07) is -0.685. The van der Waals surface area contributed by atoms with Crippen molar-refractivity contribution in [3.8, 4) is 12.3 Å². The Balaban J connectivity index is 1.86. The van der Waals surface area contributed by atoms with E-state index in [4.69, 9.17) is 8.22 Å². The summed E-state index contributed by atoms with van der Waals surface area (Å²) in [5, 5.41) is 11.2. The van der Waals surface area contributed by atoms with Crippen LogP contribution in [0, 0.1) is 41.4 Å². The van der Waals surface area contributed by atoms with Gasteiger partial charge in [0.05, 0.1) is 1.37 Å². The summed E-state index contributed by atoms with van der Waals surface area (Å²) in [5.74, 6) is -1.16. The number of terminal acetylenes is 1. The maximum absolute atomic E-state index is 12.4. The van der Waals surface area contributed by atoms with Crippen molar-refractivity contribution in [2.24, 2.45) is 29.1 Å². The molecule has 4 aliphatic rings. The van der Waals surface area contributed by atoms with E-state index >= 15 is 0 Å². The number of carbonyl (C=O) groups excluding carboxylic acids is 1. The van der Waals surface area contributed by atoms with Gasteiger partial charge in [0.15, 0.2) is 5.78 Å². The van der Waals surface area contributed by atoms with E-state index in [0.29, 0.717) is 19.3 Å². The Morgan fingerprint density at radius 1 is 1.52 bits per heavy atom. The van der Waals surface area contributed by atoms with Crippen LogP contribution in [0.2, 0.25) is 0 Å². The van der Waals surface area contributed by atoms with E-state index < -0.39 is 53.8 Å². The first-order valence-electron chi connectivity index (χ1n) is 11.9. The van der Waals surface area contributed by atoms with Gasteiger partial charge in [-0.2, -0.15) is 0 Å². The van der Waals surface area contributed by atoms with Crippen LogP contribution in [-0.4, -0.2) is 16.5 Å². The van der Waals surface area contributed by atoms with Crippen molar-refractivity contribution in [3.63, 3.8) is 0 Å². The van der Waals surface area contributed by atoms with Crippen LogP contribution in [0.4, 0.5) is 0 Å². The third-order valence-electron chi connectivity index (χ3n) is 6.60. The minimum Gasteiger partial charge on any atom is -0.373 e. The fraction of sp³-hybridized carbons (Fsp3) is 0.667. The molecule has 1 N–H and O–H groups in total. The Kier molecular flexibility index (Phi) is 2.04. The molecule has 2 saturated carbocycles. The summed E-state index contributed by atoms with van der Waals surface area (Å²) >= 11 is 0. The summed E-state index contributed by atoms with van der Waals surface area (Å²) in [6.45, 7) is 1.94. The molecule has 2 nitrogen and oxygen atoms in total. The summed E-state index contributed by atoms with van der Waals surface area (Å²) in [5.41, 5.74) is -2.36. The second-order valence-corrected chi connectivity index (χ2v) is 7.18. The van der Waals surface area contributed by atoms with Crippen molar-refractivity contribution < 1.29 is 19.5 Å². The van der Waals surface area contributed by atoms with Crippen LogP contribution in [0.3, 0.4) is 0 Å². The average molecular weight is 317 g/mol. The number of allylic oxidation sites excluding steroid dienone is 3. The maximum Gasteiger partial charge on any atom is 0.155 e. The van der Waals surface area contributed by atoms with Gasteiger partial charge < -0.3 is 5.11 Å². The van der Waals surface area contributed by atoms with E-state index in [0.717, 1.165) is 0 Å². The minimum absolute atomic E-state index is 0.00737. The Hall–Kier alpha value is -1.33. The molecule has 4 rings (SSSR count). The number of hydrogen-bond donors (Lipinski definition) is 1. The molecule has 1 unspecified atom stereocenters. The van der Waals surface area contributed by atoms with Gasteiger partial charge in [0.2, 0.25) is 0 Å². The van der Waals surface area contributed by atoms with E-state index in [1.807, 2.05) is 13.0 Å². The fourth-order valence-electron chi connectivity index (χ4n) is 5.38. The number of ketones is 1. The zero-order chi connectivity index (χ0) is 22.3. The van der Waals surface area contributed by atoms with Crippen LogP contribution in [0.15, 0.2) is 23.8 Å². The first-order valence-corrected chi connectivity index (χ1v) is 8.42. The Morgan fingerprint density at radius 3 is 3.17 bits per heavy atom. The van der Waals surface area contributed by atoms with Gasteiger partial charge in [-0.3, -0.25) is 4.79 Å². The molecular formula is C21H26O2. The number of carbonyl (C=O) groups is 1. The van der Waals surface area contributed by atoms with Gasteiger partial charge in [-0.05, 0) is 74.3 Å². The maximum atomic E-state index is 12.4. The molecule has 0 amide bonds. The number of rotatable bonds is 1. The Bertz CT molecular complexity index is 929. The number of hydrogen-bond acceptors (Lipinski definition) is 2. The lowest BCUT2D eigenvalue weighted by Gasteiger charge is -2.55. The summed E-state index contributed by atoms with van der Waals surface area (Å²) in [7, 11) is 0. The van der Waals surface area contributed by atoms with Gasteiger partial charge in [0.1, 0.15) is 6.97 Å². The van der Waals surface area contributed by atoms with Crippen LogP contribution < -0.4 is 0 Å². The van der Waals surface area contributed by atoms with E-state index in [-0.39, 0.29) is 23.8 Å². The normalized spacial score (nSPS) is 60.2. The average Bonchev–Trinajstić information content (AvgIpc) is 2.92. The summed E-state index contributed by atoms with van der Waals surface area (Å²) < 4.78 is 58.3. The second-order valence-electron chi connectivity index (χ2n) is 7.18. The molecule has 2 fully saturated rings. The third-order valence-corrected chi connectivity index (χ3v) is 6.60. The van der Waals surface area contributed by atoms with Crippen molar-refractivity contribution in [2.45, 2.75) is 57.4 Å². The SMILES string of the molecule is [2H]C#C[C@]1(O)C=CC2[C@@H]3CC([2H])([2H])C4=C([2H])C(=O)C([2H])([2H])C[C@]4([2H])[C@H]3CC[C@@]21CC. The van der Waals surface area contributed by atoms with Crippen molar-refractivity contribution in [1.29, 1.82) is 0 Å². The standard InChI is InChI=1S/C21H26O2/c1-3-20-11-9-17-16-8-6-15(22)13-14(16)5-7-18(17)19(20)10-12-21(20,23)4-2/h2,10,12-13,16-19,23H,3,5-9,11H2,1H3/t16-,17+,18+,19?,20-,21-/m0/s1/i2D,5D2,6D2,13D,16D. The lowest BCUT2D eigenvalue weighted by Crippen LogP contribution is -2.54. The van der Waals surface area contributed by atoms with Crippen molar-refractivity contribution in [2.75, 3.05) is 0 Å². The van der Waals surface area contributed by atoms with Gasteiger partial charge >= 0.3 is 0 Å². The second kappa shape index (κ2) is 5.08. The van der Waals surface area contributed by atoms with E-state index in [2.05, 4.69) is 12.3 Å². The van der Waals surface area contributed by atoms with Crippen molar-refractivity contribution >= 4 is 5.78 Å². The molecule has 2 heteroatoms.